The minimum atomic E-state index is -1.12. The molecule has 1 unspecified atom stereocenters. The number of aromatic nitrogens is 3. The number of hydrogen-bond donors (Lipinski definition) is 2. The molecule has 9 heteroatoms. The van der Waals surface area contributed by atoms with Crippen molar-refractivity contribution in [2.75, 3.05) is 0 Å². The molecular weight excluding hydrogens is 386 g/mol. The zero-order valence-electron chi connectivity index (χ0n) is 17.5. The lowest BCUT2D eigenvalue weighted by Gasteiger charge is -2.23. The molecule has 0 spiro atoms. The summed E-state index contributed by atoms with van der Waals surface area (Å²) in [5, 5.41) is 9.36. The molecule has 3 rings (SSSR count). The van der Waals surface area contributed by atoms with Gasteiger partial charge in [0.2, 0.25) is 0 Å². The number of ether oxygens (including phenoxy) is 1. The minimum absolute atomic E-state index is 0.0798. The molecule has 9 nitrogen and oxygen atoms in total. The number of rotatable bonds is 5. The monoisotopic (exact) mass is 413 g/mol. The molecule has 3 amide bonds. The van der Waals surface area contributed by atoms with E-state index >= 15 is 0 Å². The van der Waals surface area contributed by atoms with Gasteiger partial charge in [-0.3, -0.25) is 10.1 Å². The number of hydrogen-bond acceptors (Lipinski definition) is 6. The average molecular weight is 413 g/mol. The molecule has 0 aliphatic heterocycles. The highest BCUT2D eigenvalue weighted by Gasteiger charge is 2.23. The van der Waals surface area contributed by atoms with Crippen molar-refractivity contribution in [2.45, 2.75) is 65.0 Å². The Bertz CT molecular complexity index is 916. The second kappa shape index (κ2) is 9.51. The zero-order chi connectivity index (χ0) is 21.7. The molecule has 1 saturated carbocycles. The molecule has 1 fully saturated rings. The van der Waals surface area contributed by atoms with E-state index in [1.165, 1.54) is 19.5 Å². The van der Waals surface area contributed by atoms with Crippen molar-refractivity contribution in [3.05, 3.63) is 41.3 Å². The van der Waals surface area contributed by atoms with Crippen LogP contribution in [0.25, 0.3) is 5.82 Å². The van der Waals surface area contributed by atoms with Gasteiger partial charge in [-0.05, 0) is 51.8 Å². The van der Waals surface area contributed by atoms with E-state index < -0.39 is 24.0 Å². The van der Waals surface area contributed by atoms with Gasteiger partial charge in [-0.15, -0.1) is 0 Å². The molecule has 0 saturated heterocycles. The predicted molar refractivity (Wildman–Crippen MR) is 109 cm³/mol. The first-order valence-electron chi connectivity index (χ1n) is 10.2. The maximum Gasteiger partial charge on any atom is 0.340 e. The number of aryl methyl sites for hydroxylation is 2. The van der Waals surface area contributed by atoms with E-state index in [9.17, 15) is 14.4 Å². The lowest BCUT2D eigenvalue weighted by molar-refractivity contribution is -0.127. The summed E-state index contributed by atoms with van der Waals surface area (Å²) >= 11 is 0. The third kappa shape index (κ3) is 5.43. The fourth-order valence-corrected chi connectivity index (χ4v) is 3.46. The molecule has 30 heavy (non-hydrogen) atoms. The van der Waals surface area contributed by atoms with Gasteiger partial charge in [0.25, 0.3) is 5.91 Å². The number of imide groups is 1. The van der Waals surface area contributed by atoms with Gasteiger partial charge in [0.1, 0.15) is 0 Å². The Hall–Kier alpha value is -3.23. The summed E-state index contributed by atoms with van der Waals surface area (Å²) in [6.45, 7) is 5.21. The predicted octanol–water partition coefficient (Wildman–Crippen LogP) is 2.59. The van der Waals surface area contributed by atoms with Crippen molar-refractivity contribution in [1.82, 2.24) is 25.4 Å². The first kappa shape index (κ1) is 21.5. The average Bonchev–Trinajstić information content (AvgIpc) is 3.06. The summed E-state index contributed by atoms with van der Waals surface area (Å²) in [5.41, 5.74) is 1.99. The number of amides is 3. The highest BCUT2D eigenvalue weighted by Crippen LogP contribution is 2.17. The molecule has 1 aliphatic rings. The summed E-state index contributed by atoms with van der Waals surface area (Å²) in [4.78, 5) is 40.7. The van der Waals surface area contributed by atoms with Gasteiger partial charge >= 0.3 is 12.0 Å². The molecule has 2 N–H and O–H groups in total. The van der Waals surface area contributed by atoms with Gasteiger partial charge in [-0.1, -0.05) is 19.3 Å². The Kier molecular flexibility index (Phi) is 6.81. The van der Waals surface area contributed by atoms with Crippen LogP contribution in [0.2, 0.25) is 0 Å². The van der Waals surface area contributed by atoms with Crippen molar-refractivity contribution in [3.8, 4) is 5.82 Å². The van der Waals surface area contributed by atoms with Gasteiger partial charge in [0.05, 0.1) is 11.3 Å². The molecular formula is C21H27N5O4. The summed E-state index contributed by atoms with van der Waals surface area (Å²) in [7, 11) is 0. The number of nitrogens with one attached hydrogen (secondary N) is 2. The van der Waals surface area contributed by atoms with E-state index in [-0.39, 0.29) is 11.6 Å². The van der Waals surface area contributed by atoms with Crippen molar-refractivity contribution in [3.63, 3.8) is 0 Å². The van der Waals surface area contributed by atoms with E-state index in [0.717, 1.165) is 37.1 Å². The summed E-state index contributed by atoms with van der Waals surface area (Å²) in [6.07, 6.45) is 5.38. The highest BCUT2D eigenvalue weighted by molar-refractivity contribution is 5.98. The third-order valence-electron chi connectivity index (χ3n) is 5.04. The van der Waals surface area contributed by atoms with Crippen LogP contribution in [0.4, 0.5) is 4.79 Å². The molecule has 160 valence electrons. The van der Waals surface area contributed by atoms with Gasteiger partial charge in [-0.2, -0.15) is 5.10 Å². The van der Waals surface area contributed by atoms with Crippen LogP contribution < -0.4 is 10.6 Å². The number of nitrogens with zero attached hydrogens (tertiary/aromatic N) is 3. The van der Waals surface area contributed by atoms with Crippen LogP contribution in [0, 0.1) is 13.8 Å². The number of carbonyl (C=O) groups is 3. The van der Waals surface area contributed by atoms with Gasteiger partial charge in [-0.25, -0.2) is 19.3 Å². The number of carbonyl (C=O) groups excluding carboxylic acids is 3. The Morgan fingerprint density at radius 3 is 2.50 bits per heavy atom. The number of urea groups is 1. The molecule has 2 aromatic rings. The van der Waals surface area contributed by atoms with Crippen molar-refractivity contribution < 1.29 is 19.1 Å². The van der Waals surface area contributed by atoms with Crippen molar-refractivity contribution in [1.29, 1.82) is 0 Å². The lowest BCUT2D eigenvalue weighted by Crippen LogP contribution is -2.48. The lowest BCUT2D eigenvalue weighted by atomic mass is 9.96. The molecule has 0 bridgehead atoms. The normalized spacial score (nSPS) is 15.3. The largest absolute Gasteiger partial charge is 0.449 e. The Morgan fingerprint density at radius 1 is 1.17 bits per heavy atom. The first-order valence-corrected chi connectivity index (χ1v) is 10.2. The second-order valence-corrected chi connectivity index (χ2v) is 7.59. The van der Waals surface area contributed by atoms with Crippen LogP contribution in [0.15, 0.2) is 24.4 Å². The van der Waals surface area contributed by atoms with Crippen LogP contribution in [0.3, 0.4) is 0 Å². The maximum atomic E-state index is 12.3. The van der Waals surface area contributed by atoms with E-state index in [0.29, 0.717) is 5.82 Å². The van der Waals surface area contributed by atoms with Crippen LogP contribution in [0.5, 0.6) is 0 Å². The number of pyridine rings is 1. The SMILES string of the molecule is Cc1cc(C)n(-c2ccc(C(=O)OC(C)C(=O)NC(=O)NC3CCCCC3)cn2)n1. The molecule has 0 aromatic carbocycles. The van der Waals surface area contributed by atoms with Crippen LogP contribution in [-0.2, 0) is 9.53 Å². The van der Waals surface area contributed by atoms with Crippen molar-refractivity contribution in [2.24, 2.45) is 0 Å². The summed E-state index contributed by atoms with van der Waals surface area (Å²) in [6, 6.07) is 4.65. The maximum absolute atomic E-state index is 12.3. The zero-order valence-corrected chi connectivity index (χ0v) is 17.5. The van der Waals surface area contributed by atoms with E-state index in [1.54, 1.807) is 16.8 Å². The first-order chi connectivity index (χ1) is 14.3. The Balaban J connectivity index is 1.52. The molecule has 2 heterocycles. The smallest absolute Gasteiger partial charge is 0.340 e. The second-order valence-electron chi connectivity index (χ2n) is 7.59. The quantitative estimate of drug-likeness (QED) is 0.728. The third-order valence-corrected chi connectivity index (χ3v) is 5.04. The van der Waals surface area contributed by atoms with E-state index in [4.69, 9.17) is 4.74 Å². The number of esters is 1. The standard InChI is InChI=1S/C21H27N5O4/c1-13-11-14(2)26(25-13)18-10-9-16(12-22-18)20(28)30-15(3)19(27)24-21(29)23-17-7-5-4-6-8-17/h9-12,15,17H,4-8H2,1-3H3,(H2,23,24,27,29). The van der Waals surface area contributed by atoms with Gasteiger partial charge in [0, 0.05) is 17.9 Å². The minimum Gasteiger partial charge on any atom is -0.449 e. The van der Waals surface area contributed by atoms with Crippen LogP contribution >= 0.6 is 0 Å². The highest BCUT2D eigenvalue weighted by atomic mass is 16.5. The van der Waals surface area contributed by atoms with E-state index in [1.807, 2.05) is 19.9 Å². The Labute approximate surface area is 175 Å². The topological polar surface area (TPSA) is 115 Å². The van der Waals surface area contributed by atoms with Gasteiger partial charge in [0.15, 0.2) is 11.9 Å². The van der Waals surface area contributed by atoms with Gasteiger partial charge < -0.3 is 10.1 Å². The molecule has 2 aromatic heterocycles. The fraction of sp³-hybridized carbons (Fsp3) is 0.476. The molecule has 0 radical (unpaired) electrons. The summed E-state index contributed by atoms with van der Waals surface area (Å²) in [5.74, 6) is -0.802. The summed E-state index contributed by atoms with van der Waals surface area (Å²) < 4.78 is 6.84. The fourth-order valence-electron chi connectivity index (χ4n) is 3.46. The molecule has 1 atom stereocenters. The van der Waals surface area contributed by atoms with Crippen LogP contribution in [0.1, 0.15) is 60.8 Å². The van der Waals surface area contributed by atoms with Crippen LogP contribution in [-0.4, -0.2) is 44.8 Å². The van der Waals surface area contributed by atoms with E-state index in [2.05, 4.69) is 20.7 Å². The molecule has 1 aliphatic carbocycles. The Morgan fingerprint density at radius 2 is 1.90 bits per heavy atom. The van der Waals surface area contributed by atoms with Crippen molar-refractivity contribution >= 4 is 17.9 Å².